The third-order valence-electron chi connectivity index (χ3n) is 11.9. The Bertz CT molecular complexity index is 3080. The van der Waals surface area contributed by atoms with Crippen molar-refractivity contribution in [3.05, 3.63) is 180 Å². The number of pyridine rings is 1. The zero-order valence-electron chi connectivity index (χ0n) is 37.6. The molecule has 3 aromatic heterocycles. The summed E-state index contributed by atoms with van der Waals surface area (Å²) in [6.07, 6.45) is 5.62. The van der Waals surface area contributed by atoms with Gasteiger partial charge in [0.1, 0.15) is 17.3 Å². The summed E-state index contributed by atoms with van der Waals surface area (Å²) in [5.41, 5.74) is 12.0. The Morgan fingerprint density at radius 2 is 1.23 bits per heavy atom. The molecule has 9 aromatic rings. The second kappa shape index (κ2) is 15.3. The molecule has 0 aliphatic rings. The molecule has 0 aliphatic carbocycles. The van der Waals surface area contributed by atoms with Crippen LogP contribution in [0.25, 0.3) is 61.5 Å². The van der Waals surface area contributed by atoms with Crippen LogP contribution in [0.2, 0.25) is 0 Å². The van der Waals surface area contributed by atoms with Gasteiger partial charge < -0.3 is 9.30 Å². The van der Waals surface area contributed by atoms with Crippen LogP contribution in [0.15, 0.2) is 152 Å². The van der Waals surface area contributed by atoms with Crippen LogP contribution in [0, 0.1) is 13.3 Å². The Labute approximate surface area is 366 Å². The van der Waals surface area contributed by atoms with Gasteiger partial charge in [0.2, 0.25) is 12.2 Å². The molecule has 0 N–H and O–H groups in total. The summed E-state index contributed by atoms with van der Waals surface area (Å²) in [6, 6.07) is 51.3. The first-order chi connectivity index (χ1) is 29.5. The Hall–Kier alpha value is -6.79. The van der Waals surface area contributed by atoms with Crippen molar-refractivity contribution < 1.29 is 9.30 Å². The standard InChI is InChI=1S/C56H55N5O/c1-37-18-16-24-46(38-19-12-11-13-20-38)52(37)53-58-60(36-59(53)43-31-40(55(5,6)7)30-41(32-43)56(8,9)10)42-21-17-22-44(34-42)62-45-26-27-48-47-23-14-15-25-49(47)61(50(48)35-45)51-33-39(28-29-57-51)54(2,3)4/h11-35H,1-10H3. The molecule has 0 fully saturated rings. The summed E-state index contributed by atoms with van der Waals surface area (Å²) in [6.45, 7) is 22.5. The first-order valence-corrected chi connectivity index (χ1v) is 21.6. The number of benzene rings is 6. The van der Waals surface area contributed by atoms with Crippen LogP contribution >= 0.6 is 0 Å². The van der Waals surface area contributed by atoms with Crippen molar-refractivity contribution in [3.63, 3.8) is 0 Å². The van der Waals surface area contributed by atoms with E-state index < -0.39 is 0 Å². The van der Waals surface area contributed by atoms with E-state index in [0.29, 0.717) is 5.75 Å². The van der Waals surface area contributed by atoms with E-state index in [4.69, 9.17) is 14.8 Å². The second-order valence-corrected chi connectivity index (χ2v) is 19.6. The quantitative estimate of drug-likeness (QED) is 0.119. The fourth-order valence-corrected chi connectivity index (χ4v) is 8.27. The van der Waals surface area contributed by atoms with Crippen molar-refractivity contribution in [2.45, 2.75) is 85.5 Å². The first-order valence-electron chi connectivity index (χ1n) is 21.6. The predicted octanol–water partition coefficient (Wildman–Crippen LogP) is 13.8. The summed E-state index contributed by atoms with van der Waals surface area (Å²) in [7, 11) is 0. The summed E-state index contributed by atoms with van der Waals surface area (Å²) in [4.78, 5) is 4.88. The Morgan fingerprint density at radius 3 is 1.95 bits per heavy atom. The van der Waals surface area contributed by atoms with Gasteiger partial charge in [0.25, 0.3) is 0 Å². The molecule has 6 nitrogen and oxygen atoms in total. The SMILES string of the molecule is Cc1cccc(-c2ccccc2)c1-c1nn(-c2cccc(Oc3ccc4c5ccccc5n(-c5cc(C(C)(C)C)ccn5)c4c3)c2)[c-][n+]1-c1cc(C(C)(C)C)cc(C(C)(C)C)c1. The number of hydrogen-bond acceptors (Lipinski definition) is 3. The Kier molecular flexibility index (Phi) is 10.0. The topological polar surface area (TPSA) is 48.8 Å². The van der Waals surface area contributed by atoms with Crippen molar-refractivity contribution in [1.29, 1.82) is 0 Å². The minimum atomic E-state index is -0.0688. The molecule has 0 bridgehead atoms. The van der Waals surface area contributed by atoms with E-state index >= 15 is 0 Å². The summed E-state index contributed by atoms with van der Waals surface area (Å²) < 4.78 is 13.0. The second-order valence-electron chi connectivity index (χ2n) is 19.6. The smallest absolute Gasteiger partial charge is 0.232 e. The van der Waals surface area contributed by atoms with Gasteiger partial charge in [-0.15, -0.1) is 0 Å². The molecular formula is C56H55N5O. The number of aryl methyl sites for hydroxylation is 1. The normalized spacial score (nSPS) is 12.4. The lowest BCUT2D eigenvalue weighted by Crippen LogP contribution is -2.33. The summed E-state index contributed by atoms with van der Waals surface area (Å²) in [5, 5.41) is 7.71. The van der Waals surface area contributed by atoms with Crippen LogP contribution in [-0.2, 0) is 16.2 Å². The average Bonchev–Trinajstić information content (AvgIpc) is 3.83. The lowest BCUT2D eigenvalue weighted by Gasteiger charge is -2.27. The number of ether oxygens (including phenoxy) is 1. The van der Waals surface area contributed by atoms with Gasteiger partial charge in [-0.1, -0.05) is 159 Å². The highest BCUT2D eigenvalue weighted by Crippen LogP contribution is 2.38. The zero-order chi connectivity index (χ0) is 43.6. The molecule has 0 aliphatic heterocycles. The van der Waals surface area contributed by atoms with Gasteiger partial charge in [-0.25, -0.2) is 4.98 Å². The molecule has 0 amide bonds. The van der Waals surface area contributed by atoms with E-state index in [-0.39, 0.29) is 16.2 Å². The molecular weight excluding hydrogens is 759 g/mol. The van der Waals surface area contributed by atoms with E-state index in [9.17, 15) is 0 Å². The highest BCUT2D eigenvalue weighted by Gasteiger charge is 2.25. The third-order valence-corrected chi connectivity index (χ3v) is 11.9. The zero-order valence-corrected chi connectivity index (χ0v) is 37.6. The van der Waals surface area contributed by atoms with Gasteiger partial charge >= 0.3 is 0 Å². The number of fused-ring (bicyclic) bond motifs is 3. The maximum absolute atomic E-state index is 6.73. The number of hydrogen-bond donors (Lipinski definition) is 0. The molecule has 0 unspecified atom stereocenters. The van der Waals surface area contributed by atoms with Crippen LogP contribution < -0.4 is 9.30 Å². The molecule has 310 valence electrons. The number of nitrogens with zero attached hydrogens (tertiary/aromatic N) is 5. The van der Waals surface area contributed by atoms with Gasteiger partial charge in [-0.2, -0.15) is 4.68 Å². The van der Waals surface area contributed by atoms with Crippen molar-refractivity contribution >= 4 is 21.8 Å². The van der Waals surface area contributed by atoms with Crippen molar-refractivity contribution in [1.82, 2.24) is 19.3 Å². The minimum absolute atomic E-state index is 0.0162. The lowest BCUT2D eigenvalue weighted by atomic mass is 9.80. The molecule has 3 heterocycles. The van der Waals surface area contributed by atoms with Crippen LogP contribution in [-0.4, -0.2) is 19.3 Å². The summed E-state index contributed by atoms with van der Waals surface area (Å²) in [5.74, 6) is 3.11. The van der Waals surface area contributed by atoms with Crippen LogP contribution in [0.1, 0.15) is 84.6 Å². The maximum Gasteiger partial charge on any atom is 0.232 e. The fourth-order valence-electron chi connectivity index (χ4n) is 8.27. The van der Waals surface area contributed by atoms with Crippen LogP contribution in [0.4, 0.5) is 0 Å². The van der Waals surface area contributed by atoms with Crippen molar-refractivity contribution in [3.8, 4) is 51.2 Å². The monoisotopic (exact) mass is 813 g/mol. The highest BCUT2D eigenvalue weighted by atomic mass is 16.5. The summed E-state index contributed by atoms with van der Waals surface area (Å²) >= 11 is 0. The van der Waals surface area contributed by atoms with E-state index in [1.807, 2.05) is 29.1 Å². The predicted molar refractivity (Wildman–Crippen MR) is 254 cm³/mol. The van der Waals surface area contributed by atoms with E-state index in [1.165, 1.54) is 22.1 Å². The van der Waals surface area contributed by atoms with Gasteiger partial charge in [-0.05, 0) is 104 Å². The van der Waals surface area contributed by atoms with Crippen LogP contribution in [0.5, 0.6) is 11.5 Å². The molecule has 0 spiro atoms. The molecule has 9 rings (SSSR count). The van der Waals surface area contributed by atoms with Crippen molar-refractivity contribution in [2.24, 2.45) is 0 Å². The highest BCUT2D eigenvalue weighted by molar-refractivity contribution is 6.09. The van der Waals surface area contributed by atoms with E-state index in [1.54, 1.807) is 0 Å². The molecule has 0 atom stereocenters. The molecule has 62 heavy (non-hydrogen) atoms. The minimum Gasteiger partial charge on any atom is -0.458 e. The lowest BCUT2D eigenvalue weighted by molar-refractivity contribution is -0.589. The molecule has 0 saturated carbocycles. The molecule has 6 aromatic carbocycles. The number of aromatic nitrogens is 5. The Balaban J connectivity index is 1.17. The number of para-hydroxylation sites is 1. The Morgan fingerprint density at radius 1 is 0.565 bits per heavy atom. The maximum atomic E-state index is 6.73. The average molecular weight is 814 g/mol. The van der Waals surface area contributed by atoms with Gasteiger partial charge in [0, 0.05) is 34.3 Å². The molecule has 6 heteroatoms. The van der Waals surface area contributed by atoms with E-state index in [0.717, 1.165) is 67.4 Å². The van der Waals surface area contributed by atoms with Gasteiger partial charge in [0.05, 0.1) is 16.7 Å². The van der Waals surface area contributed by atoms with Crippen LogP contribution in [0.3, 0.4) is 0 Å². The van der Waals surface area contributed by atoms with Crippen molar-refractivity contribution in [2.75, 3.05) is 0 Å². The molecule has 0 radical (unpaired) electrons. The largest absolute Gasteiger partial charge is 0.458 e. The molecule has 0 saturated heterocycles. The van der Waals surface area contributed by atoms with Gasteiger partial charge in [-0.3, -0.25) is 4.57 Å². The third kappa shape index (κ3) is 7.70. The first kappa shape index (κ1) is 40.6. The fraction of sp³-hybridized carbons (Fsp3) is 0.232. The number of rotatable bonds is 7. The van der Waals surface area contributed by atoms with Gasteiger partial charge in [0.15, 0.2) is 0 Å². The van der Waals surface area contributed by atoms with E-state index in [2.05, 4.69) is 212 Å².